The fourth-order valence-electron chi connectivity index (χ4n) is 7.52. The Morgan fingerprint density at radius 2 is 1.81 bits per heavy atom. The molecule has 2 spiro atoms. The number of hydrogen-bond donors (Lipinski definition) is 0. The molecule has 4 saturated carbocycles. The summed E-state index contributed by atoms with van der Waals surface area (Å²) < 4.78 is 19.3. The van der Waals surface area contributed by atoms with E-state index in [1.807, 2.05) is 18.2 Å². The highest BCUT2D eigenvalue weighted by atomic mass is 35.5. The maximum Gasteiger partial charge on any atom is 0.177 e. The first kappa shape index (κ1) is 20.5. The van der Waals surface area contributed by atoms with E-state index in [-0.39, 0.29) is 28.8 Å². The molecule has 4 aliphatic carbocycles. The van der Waals surface area contributed by atoms with Crippen LogP contribution in [0.25, 0.3) is 0 Å². The molecule has 172 valence electrons. The lowest BCUT2D eigenvalue weighted by atomic mass is 9.74. The molecule has 6 atom stereocenters. The van der Waals surface area contributed by atoms with Crippen LogP contribution in [0.5, 0.6) is 0 Å². The van der Waals surface area contributed by atoms with E-state index in [1.54, 1.807) is 0 Å². The minimum Gasteiger partial charge on any atom is -0.391 e. The lowest BCUT2D eigenvalue weighted by Gasteiger charge is -2.45. The minimum absolute atomic E-state index is 0.00447. The maximum atomic E-state index is 6.73. The maximum absolute atomic E-state index is 6.73. The highest BCUT2D eigenvalue weighted by Crippen LogP contribution is 2.77. The summed E-state index contributed by atoms with van der Waals surface area (Å²) in [5.74, 6) is 1.37. The first-order chi connectivity index (χ1) is 15.5. The van der Waals surface area contributed by atoms with Gasteiger partial charge in [-0.2, -0.15) is 0 Å². The Morgan fingerprint density at radius 3 is 2.50 bits per heavy atom. The molecular formula is C25H29Cl2NO4. The van der Waals surface area contributed by atoms with Gasteiger partial charge in [0.25, 0.3) is 0 Å². The number of benzene rings is 1. The topological polar surface area (TPSA) is 49.3 Å². The van der Waals surface area contributed by atoms with Crippen molar-refractivity contribution >= 4 is 28.9 Å². The van der Waals surface area contributed by atoms with Crippen molar-refractivity contribution in [2.24, 2.45) is 33.7 Å². The number of nitrogens with zero attached hydrogens (tertiary/aromatic N) is 1. The summed E-state index contributed by atoms with van der Waals surface area (Å²) in [6, 6.07) is 5.59. The monoisotopic (exact) mass is 477 g/mol. The van der Waals surface area contributed by atoms with Crippen molar-refractivity contribution in [2.75, 3.05) is 19.8 Å². The van der Waals surface area contributed by atoms with Gasteiger partial charge in [-0.3, -0.25) is 0 Å². The molecule has 1 saturated heterocycles. The molecule has 4 unspecified atom stereocenters. The molecule has 0 N–H and O–H groups in total. The molecule has 2 aliphatic heterocycles. The Hall–Kier alpha value is -0.850. The largest absolute Gasteiger partial charge is 0.391 e. The van der Waals surface area contributed by atoms with Crippen LogP contribution in [0, 0.1) is 28.6 Å². The van der Waals surface area contributed by atoms with Gasteiger partial charge in [-0.1, -0.05) is 34.4 Å². The van der Waals surface area contributed by atoms with Crippen LogP contribution in [0.2, 0.25) is 10.0 Å². The predicted octanol–water partition coefficient (Wildman–Crippen LogP) is 5.46. The molecule has 1 aromatic rings. The second-order valence-electron chi connectivity index (χ2n) is 11.0. The number of oxime groups is 1. The molecule has 1 aromatic carbocycles. The van der Waals surface area contributed by atoms with Crippen molar-refractivity contribution < 1.29 is 19.0 Å². The van der Waals surface area contributed by atoms with Crippen molar-refractivity contribution in [1.82, 2.24) is 0 Å². The summed E-state index contributed by atoms with van der Waals surface area (Å²) >= 11 is 13.2. The molecule has 6 aliphatic rings. The van der Waals surface area contributed by atoms with Crippen molar-refractivity contribution in [3.8, 4) is 0 Å². The normalized spacial score (nSPS) is 43.3. The SMILES string of the molecule is CC1(CO[C@H]2C[C@H]3CC4CC4(C2)C32OCCO2)C(c2c(Cl)cccc2Cl)=NOC1C1CC1. The average molecular weight is 478 g/mol. The summed E-state index contributed by atoms with van der Waals surface area (Å²) in [4.78, 5) is 6.02. The number of rotatable bonds is 5. The highest BCUT2D eigenvalue weighted by molar-refractivity contribution is 6.40. The smallest absolute Gasteiger partial charge is 0.177 e. The summed E-state index contributed by atoms with van der Waals surface area (Å²) in [6.45, 7) is 4.23. The van der Waals surface area contributed by atoms with Gasteiger partial charge in [0.2, 0.25) is 0 Å². The molecule has 0 radical (unpaired) electrons. The summed E-state index contributed by atoms with van der Waals surface area (Å²) in [6.07, 6.45) is 7.03. The third-order valence-corrected chi connectivity index (χ3v) is 9.81. The molecule has 7 rings (SSSR count). The van der Waals surface area contributed by atoms with Crippen LogP contribution in [0.4, 0.5) is 0 Å². The van der Waals surface area contributed by atoms with Crippen LogP contribution in [-0.4, -0.2) is 43.5 Å². The predicted molar refractivity (Wildman–Crippen MR) is 121 cm³/mol. The molecule has 5 fully saturated rings. The molecule has 32 heavy (non-hydrogen) atoms. The van der Waals surface area contributed by atoms with E-state index in [1.165, 1.54) is 25.7 Å². The third kappa shape index (κ3) is 2.66. The molecule has 7 heteroatoms. The number of hydrogen-bond acceptors (Lipinski definition) is 5. The zero-order valence-electron chi connectivity index (χ0n) is 18.3. The minimum atomic E-state index is -0.384. The standard InChI is InChI=1S/C25H29Cl2NO4/c1-23(21(28-32-22(23)14-5-6-14)20-18(26)3-2-4-19(20)27)13-29-17-10-15-9-16-11-24(16,12-17)25(15)30-7-8-31-25/h2-4,14-17,22H,5-13H2,1H3/t15-,16?,17+,22?,23?,24?/m1/s1. The van der Waals surface area contributed by atoms with Crippen LogP contribution in [0.15, 0.2) is 23.4 Å². The van der Waals surface area contributed by atoms with Gasteiger partial charge in [0.15, 0.2) is 5.79 Å². The second kappa shape index (κ2) is 6.85. The van der Waals surface area contributed by atoms with E-state index in [9.17, 15) is 0 Å². The van der Waals surface area contributed by atoms with Crippen LogP contribution in [-0.2, 0) is 19.0 Å². The van der Waals surface area contributed by atoms with E-state index in [4.69, 9.17) is 42.3 Å². The zero-order valence-corrected chi connectivity index (χ0v) is 19.8. The first-order valence-corrected chi connectivity index (χ1v) is 12.8. The van der Waals surface area contributed by atoms with Crippen LogP contribution in [0.1, 0.15) is 51.0 Å². The molecule has 2 bridgehead atoms. The summed E-state index contributed by atoms with van der Waals surface area (Å²) in [7, 11) is 0. The highest BCUT2D eigenvalue weighted by Gasteiger charge is 2.79. The van der Waals surface area contributed by atoms with Crippen molar-refractivity contribution in [1.29, 1.82) is 0 Å². The molecule has 0 amide bonds. The van der Waals surface area contributed by atoms with Gasteiger partial charge >= 0.3 is 0 Å². The van der Waals surface area contributed by atoms with Gasteiger partial charge < -0.3 is 19.0 Å². The fraction of sp³-hybridized carbons (Fsp3) is 0.720. The van der Waals surface area contributed by atoms with Crippen LogP contribution in [0.3, 0.4) is 0 Å². The van der Waals surface area contributed by atoms with E-state index >= 15 is 0 Å². The lowest BCUT2D eigenvalue weighted by molar-refractivity contribution is -0.257. The van der Waals surface area contributed by atoms with Gasteiger partial charge in [0.05, 0.1) is 41.4 Å². The average Bonchev–Trinajstić information content (AvgIpc) is 3.62. The van der Waals surface area contributed by atoms with E-state index in [2.05, 4.69) is 12.1 Å². The summed E-state index contributed by atoms with van der Waals surface area (Å²) in [5, 5.41) is 5.75. The van der Waals surface area contributed by atoms with Crippen LogP contribution >= 0.6 is 23.2 Å². The Balaban J connectivity index is 1.14. The van der Waals surface area contributed by atoms with Crippen molar-refractivity contribution in [3.63, 3.8) is 0 Å². The van der Waals surface area contributed by atoms with Crippen LogP contribution < -0.4 is 0 Å². The van der Waals surface area contributed by atoms with E-state index in [0.717, 1.165) is 43.2 Å². The van der Waals surface area contributed by atoms with Gasteiger partial charge in [-0.05, 0) is 69.4 Å². The molecule has 2 heterocycles. The number of halogens is 2. The Kier molecular flexibility index (Phi) is 4.39. The third-order valence-electron chi connectivity index (χ3n) is 9.18. The fourth-order valence-corrected chi connectivity index (χ4v) is 8.09. The van der Waals surface area contributed by atoms with E-state index in [0.29, 0.717) is 28.5 Å². The van der Waals surface area contributed by atoms with Gasteiger partial charge in [0.1, 0.15) is 11.8 Å². The lowest BCUT2D eigenvalue weighted by Crippen LogP contribution is -2.52. The molecular weight excluding hydrogens is 449 g/mol. The van der Waals surface area contributed by atoms with E-state index < -0.39 is 0 Å². The van der Waals surface area contributed by atoms with Gasteiger partial charge in [-0.15, -0.1) is 0 Å². The van der Waals surface area contributed by atoms with Crippen molar-refractivity contribution in [3.05, 3.63) is 33.8 Å². The zero-order chi connectivity index (χ0) is 21.7. The Bertz CT molecular complexity index is 970. The quantitative estimate of drug-likeness (QED) is 0.564. The molecule has 5 nitrogen and oxygen atoms in total. The Morgan fingerprint density at radius 1 is 1.06 bits per heavy atom. The summed E-state index contributed by atoms with van der Waals surface area (Å²) in [5.41, 5.74) is 1.39. The molecule has 0 aromatic heterocycles. The van der Waals surface area contributed by atoms with Gasteiger partial charge in [-0.25, -0.2) is 0 Å². The second-order valence-corrected chi connectivity index (χ2v) is 11.9. The van der Waals surface area contributed by atoms with Crippen molar-refractivity contribution in [2.45, 2.75) is 63.4 Å². The Labute approximate surface area is 198 Å². The van der Waals surface area contributed by atoms with Gasteiger partial charge in [0, 0.05) is 16.9 Å². The number of ether oxygens (including phenoxy) is 3. The first-order valence-electron chi connectivity index (χ1n) is 12.0.